The van der Waals surface area contributed by atoms with Gasteiger partial charge in [0.05, 0.1) is 30.3 Å². The predicted octanol–water partition coefficient (Wildman–Crippen LogP) is 0.890. The largest absolute Gasteiger partial charge is 0.378 e. The second kappa shape index (κ2) is 6.97. The first-order chi connectivity index (χ1) is 10.7. The molecule has 3 rings (SSSR count). The quantitative estimate of drug-likeness (QED) is 0.858. The monoisotopic (exact) mass is 326 g/mol. The third-order valence-electron chi connectivity index (χ3n) is 4.22. The third-order valence-corrected chi connectivity index (χ3v) is 5.13. The van der Waals surface area contributed by atoms with Crippen molar-refractivity contribution in [3.05, 3.63) is 11.7 Å². The predicted molar refractivity (Wildman–Crippen MR) is 82.2 cm³/mol. The van der Waals surface area contributed by atoms with Crippen LogP contribution in [0.3, 0.4) is 0 Å². The SMILES string of the molecule is NC1(c2noc(CSCC(=O)N3CCOCC3)n2)CCCC1. The van der Waals surface area contributed by atoms with Gasteiger partial charge >= 0.3 is 0 Å². The maximum atomic E-state index is 12.0. The molecule has 0 aromatic carbocycles. The lowest BCUT2D eigenvalue weighted by atomic mass is 9.99. The summed E-state index contributed by atoms with van der Waals surface area (Å²) in [5.74, 6) is 2.26. The first-order valence-electron chi connectivity index (χ1n) is 7.73. The molecule has 8 heteroatoms. The molecule has 122 valence electrons. The van der Waals surface area contributed by atoms with Gasteiger partial charge in [-0.1, -0.05) is 18.0 Å². The van der Waals surface area contributed by atoms with Crippen LogP contribution >= 0.6 is 11.8 Å². The maximum Gasteiger partial charge on any atom is 0.236 e. The fourth-order valence-electron chi connectivity index (χ4n) is 2.87. The van der Waals surface area contributed by atoms with E-state index in [0.29, 0.717) is 49.5 Å². The third kappa shape index (κ3) is 3.61. The van der Waals surface area contributed by atoms with E-state index < -0.39 is 5.54 Å². The highest BCUT2D eigenvalue weighted by Gasteiger charge is 2.35. The zero-order chi connectivity index (χ0) is 15.4. The molecule has 1 aromatic rings. The number of morpholine rings is 1. The summed E-state index contributed by atoms with van der Waals surface area (Å²) in [5.41, 5.74) is 5.88. The van der Waals surface area contributed by atoms with Gasteiger partial charge in [0.15, 0.2) is 5.82 Å². The molecule has 1 amide bonds. The van der Waals surface area contributed by atoms with Crippen molar-refractivity contribution in [2.75, 3.05) is 32.1 Å². The zero-order valence-corrected chi connectivity index (χ0v) is 13.4. The van der Waals surface area contributed by atoms with Crippen LogP contribution in [0.5, 0.6) is 0 Å². The van der Waals surface area contributed by atoms with Gasteiger partial charge < -0.3 is 19.9 Å². The molecule has 1 aromatic heterocycles. The molecule has 1 saturated heterocycles. The van der Waals surface area contributed by atoms with E-state index in [1.165, 1.54) is 11.8 Å². The zero-order valence-electron chi connectivity index (χ0n) is 12.6. The molecule has 2 heterocycles. The van der Waals surface area contributed by atoms with E-state index in [9.17, 15) is 4.79 Å². The minimum atomic E-state index is -0.421. The summed E-state index contributed by atoms with van der Waals surface area (Å²) in [6, 6.07) is 0. The molecule has 7 nitrogen and oxygen atoms in total. The minimum absolute atomic E-state index is 0.138. The number of thioether (sulfide) groups is 1. The van der Waals surface area contributed by atoms with Crippen molar-refractivity contribution in [2.24, 2.45) is 5.73 Å². The Labute approximate surface area is 133 Å². The topological polar surface area (TPSA) is 94.5 Å². The number of rotatable bonds is 5. The fraction of sp³-hybridized carbons (Fsp3) is 0.786. The van der Waals surface area contributed by atoms with E-state index in [0.717, 1.165) is 25.7 Å². The number of aromatic nitrogens is 2. The first kappa shape index (κ1) is 15.8. The molecule has 1 aliphatic carbocycles. The number of nitrogens with two attached hydrogens (primary N) is 1. The molecule has 1 aliphatic heterocycles. The Morgan fingerprint density at radius 2 is 2.05 bits per heavy atom. The Morgan fingerprint density at radius 3 is 2.77 bits per heavy atom. The molecular formula is C14H22N4O3S. The van der Waals surface area contributed by atoms with Crippen molar-refractivity contribution in [3.8, 4) is 0 Å². The molecule has 0 bridgehead atoms. The Kier molecular flexibility index (Phi) is 5.00. The van der Waals surface area contributed by atoms with Crippen molar-refractivity contribution in [2.45, 2.75) is 37.0 Å². The van der Waals surface area contributed by atoms with Gasteiger partial charge in [-0.2, -0.15) is 4.98 Å². The Morgan fingerprint density at radius 1 is 1.32 bits per heavy atom. The van der Waals surface area contributed by atoms with Gasteiger partial charge in [-0.3, -0.25) is 4.79 Å². The summed E-state index contributed by atoms with van der Waals surface area (Å²) in [5, 5.41) is 4.02. The van der Waals surface area contributed by atoms with E-state index in [4.69, 9.17) is 15.0 Å². The summed E-state index contributed by atoms with van der Waals surface area (Å²) in [6.45, 7) is 2.61. The highest BCUT2D eigenvalue weighted by atomic mass is 32.2. The van der Waals surface area contributed by atoms with Gasteiger partial charge in [0, 0.05) is 13.1 Å². The van der Waals surface area contributed by atoms with Crippen LogP contribution in [0.4, 0.5) is 0 Å². The van der Waals surface area contributed by atoms with Crippen molar-refractivity contribution in [1.29, 1.82) is 0 Å². The second-order valence-electron chi connectivity index (χ2n) is 5.86. The molecule has 2 aliphatic rings. The van der Waals surface area contributed by atoms with Gasteiger partial charge in [-0.15, -0.1) is 11.8 Å². The average molecular weight is 326 g/mol. The Bertz CT molecular complexity index is 510. The van der Waals surface area contributed by atoms with Gasteiger partial charge in [0.2, 0.25) is 11.8 Å². The number of carbonyl (C=O) groups is 1. The van der Waals surface area contributed by atoms with Crippen LogP contribution in [0.2, 0.25) is 0 Å². The summed E-state index contributed by atoms with van der Waals surface area (Å²) in [7, 11) is 0. The summed E-state index contributed by atoms with van der Waals surface area (Å²) >= 11 is 1.49. The number of hydrogen-bond acceptors (Lipinski definition) is 7. The lowest BCUT2D eigenvalue weighted by molar-refractivity contribution is -0.132. The van der Waals surface area contributed by atoms with Crippen LogP contribution in [-0.2, 0) is 20.8 Å². The number of ether oxygens (including phenoxy) is 1. The second-order valence-corrected chi connectivity index (χ2v) is 6.85. The maximum absolute atomic E-state index is 12.0. The molecule has 0 atom stereocenters. The van der Waals surface area contributed by atoms with Crippen LogP contribution in [0.25, 0.3) is 0 Å². The fourth-order valence-corrected chi connectivity index (χ4v) is 3.63. The van der Waals surface area contributed by atoms with Gasteiger partial charge in [-0.25, -0.2) is 0 Å². The van der Waals surface area contributed by atoms with Crippen LogP contribution in [-0.4, -0.2) is 53.0 Å². The lowest BCUT2D eigenvalue weighted by Gasteiger charge is -2.26. The molecule has 0 radical (unpaired) electrons. The van der Waals surface area contributed by atoms with Gasteiger partial charge in [0.1, 0.15) is 0 Å². The summed E-state index contributed by atoms with van der Waals surface area (Å²) in [4.78, 5) is 18.3. The van der Waals surface area contributed by atoms with E-state index in [2.05, 4.69) is 10.1 Å². The number of hydrogen-bond donors (Lipinski definition) is 1. The Balaban J connectivity index is 1.46. The molecule has 1 saturated carbocycles. The molecule has 2 fully saturated rings. The molecule has 0 unspecified atom stereocenters. The van der Waals surface area contributed by atoms with Crippen molar-refractivity contribution in [1.82, 2.24) is 15.0 Å². The Hall–Kier alpha value is -1.12. The van der Waals surface area contributed by atoms with Crippen molar-refractivity contribution in [3.63, 3.8) is 0 Å². The highest BCUT2D eigenvalue weighted by molar-refractivity contribution is 7.99. The molecule has 22 heavy (non-hydrogen) atoms. The van der Waals surface area contributed by atoms with E-state index >= 15 is 0 Å². The average Bonchev–Trinajstić information content (AvgIpc) is 3.18. The van der Waals surface area contributed by atoms with Gasteiger partial charge in [-0.05, 0) is 12.8 Å². The number of nitrogens with zero attached hydrogens (tertiary/aromatic N) is 3. The highest BCUT2D eigenvalue weighted by Crippen LogP contribution is 2.34. The molecule has 2 N–H and O–H groups in total. The summed E-state index contributed by atoms with van der Waals surface area (Å²) in [6.07, 6.45) is 4.05. The van der Waals surface area contributed by atoms with Crippen LogP contribution < -0.4 is 5.73 Å². The summed E-state index contributed by atoms with van der Waals surface area (Å²) < 4.78 is 10.5. The normalized spacial score (nSPS) is 21.2. The first-order valence-corrected chi connectivity index (χ1v) is 8.88. The number of carbonyl (C=O) groups excluding carboxylic acids is 1. The standard InChI is InChI=1S/C14H22N4O3S/c15-14(3-1-2-4-14)13-16-11(21-17-13)9-22-10-12(19)18-5-7-20-8-6-18/h1-10,15H2. The van der Waals surface area contributed by atoms with Crippen LogP contribution in [0.1, 0.15) is 37.4 Å². The van der Waals surface area contributed by atoms with E-state index in [1.54, 1.807) is 0 Å². The van der Waals surface area contributed by atoms with Crippen molar-refractivity contribution < 1.29 is 14.1 Å². The smallest absolute Gasteiger partial charge is 0.236 e. The van der Waals surface area contributed by atoms with Crippen LogP contribution in [0.15, 0.2) is 4.52 Å². The van der Waals surface area contributed by atoms with Gasteiger partial charge in [0.25, 0.3) is 0 Å². The van der Waals surface area contributed by atoms with E-state index in [1.807, 2.05) is 4.90 Å². The molecular weight excluding hydrogens is 304 g/mol. The van der Waals surface area contributed by atoms with Crippen LogP contribution in [0, 0.1) is 0 Å². The van der Waals surface area contributed by atoms with Crippen molar-refractivity contribution >= 4 is 17.7 Å². The van der Waals surface area contributed by atoms with E-state index in [-0.39, 0.29) is 5.91 Å². The lowest BCUT2D eigenvalue weighted by Crippen LogP contribution is -2.41. The minimum Gasteiger partial charge on any atom is -0.378 e. The molecule has 0 spiro atoms. The number of amides is 1.